The Labute approximate surface area is 149 Å². The lowest BCUT2D eigenvalue weighted by molar-refractivity contribution is 0.0257. The van der Waals surface area contributed by atoms with Crippen LogP contribution < -0.4 is 5.32 Å². The summed E-state index contributed by atoms with van der Waals surface area (Å²) in [4.78, 5) is 9.43. The van der Waals surface area contributed by atoms with Crippen molar-refractivity contribution in [3.05, 3.63) is 0 Å². The van der Waals surface area contributed by atoms with Gasteiger partial charge in [-0.2, -0.15) is 0 Å². The summed E-state index contributed by atoms with van der Waals surface area (Å²) in [7, 11) is 1.89. The van der Waals surface area contributed by atoms with Gasteiger partial charge in [0.05, 0.1) is 6.10 Å². The lowest BCUT2D eigenvalue weighted by Crippen LogP contribution is -2.42. The molecule has 0 radical (unpaired) electrons. The molecule has 1 heterocycles. The van der Waals surface area contributed by atoms with Gasteiger partial charge in [0.25, 0.3) is 0 Å². The summed E-state index contributed by atoms with van der Waals surface area (Å²) < 4.78 is 5.83. The van der Waals surface area contributed by atoms with Crippen molar-refractivity contribution in [2.24, 2.45) is 16.8 Å². The van der Waals surface area contributed by atoms with Gasteiger partial charge in [0.2, 0.25) is 0 Å². The molecule has 1 N–H and O–H groups in total. The Balaban J connectivity index is 2.39. The first-order chi connectivity index (χ1) is 11.5. The number of nitrogens with zero attached hydrogens (tertiary/aromatic N) is 3. The molecule has 5 nitrogen and oxygen atoms in total. The summed E-state index contributed by atoms with van der Waals surface area (Å²) in [6, 6.07) is 0. The third kappa shape index (κ3) is 6.98. The highest BCUT2D eigenvalue weighted by Gasteiger charge is 2.26. The first kappa shape index (κ1) is 21.2. The summed E-state index contributed by atoms with van der Waals surface area (Å²) in [5, 5.41) is 3.54. The van der Waals surface area contributed by atoms with Gasteiger partial charge in [-0.25, -0.2) is 0 Å². The van der Waals surface area contributed by atoms with Crippen molar-refractivity contribution in [1.82, 2.24) is 15.1 Å². The Morgan fingerprint density at radius 1 is 1.29 bits per heavy atom. The molecule has 0 saturated carbocycles. The minimum atomic E-state index is 0.328. The van der Waals surface area contributed by atoms with Crippen LogP contribution in [0.1, 0.15) is 47.5 Å². The highest BCUT2D eigenvalue weighted by Crippen LogP contribution is 2.18. The van der Waals surface area contributed by atoms with E-state index in [0.717, 1.165) is 57.6 Å². The molecule has 0 aliphatic carbocycles. The third-order valence-electron chi connectivity index (χ3n) is 5.04. The third-order valence-corrected chi connectivity index (χ3v) is 5.04. The molecule has 1 aliphatic rings. The van der Waals surface area contributed by atoms with Crippen LogP contribution in [0.3, 0.4) is 0 Å². The van der Waals surface area contributed by atoms with Gasteiger partial charge in [0.1, 0.15) is 0 Å². The van der Waals surface area contributed by atoms with Gasteiger partial charge in [-0.15, -0.1) is 0 Å². The summed E-state index contributed by atoms with van der Waals surface area (Å²) in [6.45, 7) is 18.5. The molecule has 1 fully saturated rings. The van der Waals surface area contributed by atoms with E-state index in [1.54, 1.807) is 0 Å². The van der Waals surface area contributed by atoms with Crippen molar-refractivity contribution in [1.29, 1.82) is 0 Å². The van der Waals surface area contributed by atoms with Crippen LogP contribution >= 0.6 is 0 Å². The lowest BCUT2D eigenvalue weighted by Gasteiger charge is -2.25. The van der Waals surface area contributed by atoms with Crippen LogP contribution in [0.4, 0.5) is 0 Å². The highest BCUT2D eigenvalue weighted by atomic mass is 16.5. The van der Waals surface area contributed by atoms with E-state index in [2.05, 4.69) is 54.7 Å². The number of guanidine groups is 1. The average Bonchev–Trinajstić information content (AvgIpc) is 3.03. The van der Waals surface area contributed by atoms with Crippen LogP contribution in [0.2, 0.25) is 0 Å². The Morgan fingerprint density at radius 3 is 2.54 bits per heavy atom. The van der Waals surface area contributed by atoms with Crippen molar-refractivity contribution in [2.75, 3.05) is 52.9 Å². The lowest BCUT2D eigenvalue weighted by atomic mass is 10.0. The molecule has 0 spiro atoms. The summed E-state index contributed by atoms with van der Waals surface area (Å²) >= 11 is 0. The molecule has 0 aromatic heterocycles. The quantitative estimate of drug-likeness (QED) is 0.490. The largest absolute Gasteiger partial charge is 0.378 e. The highest BCUT2D eigenvalue weighted by molar-refractivity contribution is 5.80. The molecule has 24 heavy (non-hydrogen) atoms. The summed E-state index contributed by atoms with van der Waals surface area (Å²) in [5.41, 5.74) is 0. The molecule has 2 atom stereocenters. The Bertz CT molecular complexity index is 355. The molecule has 1 aliphatic heterocycles. The molecule has 5 heteroatoms. The fourth-order valence-corrected chi connectivity index (χ4v) is 3.50. The van der Waals surface area contributed by atoms with Gasteiger partial charge in [-0.3, -0.25) is 4.99 Å². The number of hydrogen-bond donors (Lipinski definition) is 1. The van der Waals surface area contributed by atoms with Crippen molar-refractivity contribution >= 4 is 5.96 Å². The molecule has 2 unspecified atom stereocenters. The molecular formula is C19H40N4O. The molecule has 0 aromatic rings. The van der Waals surface area contributed by atoms with E-state index in [4.69, 9.17) is 4.74 Å². The number of nitrogens with one attached hydrogen (secondary N) is 1. The maximum absolute atomic E-state index is 5.83. The van der Waals surface area contributed by atoms with Crippen molar-refractivity contribution in [3.8, 4) is 0 Å². The van der Waals surface area contributed by atoms with E-state index >= 15 is 0 Å². The second kappa shape index (κ2) is 11.7. The van der Waals surface area contributed by atoms with Gasteiger partial charge >= 0.3 is 0 Å². The zero-order chi connectivity index (χ0) is 17.9. The van der Waals surface area contributed by atoms with Crippen LogP contribution in [0, 0.1) is 11.8 Å². The standard InChI is InChI=1S/C19H40N4O/c1-7-22(8-2)14-17-11-13-23(15-17)19(20-6)21-12-10-18(16(4)5)24-9-3/h16-18H,7-15H2,1-6H3,(H,20,21). The normalized spacial score (nSPS) is 20.2. The minimum absolute atomic E-state index is 0.328. The molecule has 142 valence electrons. The zero-order valence-electron chi connectivity index (χ0n) is 16.8. The number of aliphatic imine (C=N–C) groups is 1. The summed E-state index contributed by atoms with van der Waals surface area (Å²) in [6.07, 6.45) is 2.63. The number of ether oxygens (including phenoxy) is 1. The second-order valence-corrected chi connectivity index (χ2v) is 7.09. The SMILES string of the molecule is CCOC(CCNC(=NC)N1CCC(CN(CC)CC)C1)C(C)C. The molecule has 1 saturated heterocycles. The second-order valence-electron chi connectivity index (χ2n) is 7.09. The van der Waals surface area contributed by atoms with Crippen molar-refractivity contribution < 1.29 is 4.74 Å². The fourth-order valence-electron chi connectivity index (χ4n) is 3.50. The van der Waals surface area contributed by atoms with Gasteiger partial charge in [-0.1, -0.05) is 27.7 Å². The predicted molar refractivity (Wildman–Crippen MR) is 104 cm³/mol. The molecule has 0 aromatic carbocycles. The maximum atomic E-state index is 5.83. The Kier molecular flexibility index (Phi) is 10.3. The van der Waals surface area contributed by atoms with Crippen molar-refractivity contribution in [3.63, 3.8) is 0 Å². The maximum Gasteiger partial charge on any atom is 0.193 e. The predicted octanol–water partition coefficient (Wildman–Crippen LogP) is 2.68. The Hall–Kier alpha value is -0.810. The van der Waals surface area contributed by atoms with Gasteiger partial charge < -0.3 is 19.9 Å². The van der Waals surface area contributed by atoms with Crippen LogP contribution in [0.5, 0.6) is 0 Å². The van der Waals surface area contributed by atoms with E-state index in [1.807, 2.05) is 7.05 Å². The Morgan fingerprint density at radius 2 is 2.00 bits per heavy atom. The number of likely N-dealkylation sites (tertiary alicyclic amines) is 1. The molecular weight excluding hydrogens is 300 g/mol. The van der Waals surface area contributed by atoms with Crippen LogP contribution in [-0.4, -0.2) is 74.8 Å². The van der Waals surface area contributed by atoms with E-state index in [9.17, 15) is 0 Å². The molecule has 0 bridgehead atoms. The first-order valence-electron chi connectivity index (χ1n) is 9.85. The number of rotatable bonds is 10. The average molecular weight is 341 g/mol. The van der Waals surface area contributed by atoms with E-state index < -0.39 is 0 Å². The van der Waals surface area contributed by atoms with Crippen LogP contribution in [0.15, 0.2) is 4.99 Å². The van der Waals surface area contributed by atoms with Gasteiger partial charge in [0, 0.05) is 39.8 Å². The topological polar surface area (TPSA) is 40.1 Å². The zero-order valence-corrected chi connectivity index (χ0v) is 16.8. The minimum Gasteiger partial charge on any atom is -0.378 e. The van der Waals surface area contributed by atoms with Gasteiger partial charge in [-0.05, 0) is 44.7 Å². The van der Waals surface area contributed by atoms with Crippen molar-refractivity contribution in [2.45, 2.75) is 53.6 Å². The smallest absolute Gasteiger partial charge is 0.193 e. The summed E-state index contributed by atoms with van der Waals surface area (Å²) in [5.74, 6) is 2.37. The number of hydrogen-bond acceptors (Lipinski definition) is 3. The van der Waals surface area contributed by atoms with E-state index in [-0.39, 0.29) is 0 Å². The van der Waals surface area contributed by atoms with E-state index in [1.165, 1.54) is 13.0 Å². The molecule has 1 rings (SSSR count). The van der Waals surface area contributed by atoms with Crippen LogP contribution in [0.25, 0.3) is 0 Å². The van der Waals surface area contributed by atoms with Crippen LogP contribution in [-0.2, 0) is 4.74 Å². The monoisotopic (exact) mass is 340 g/mol. The van der Waals surface area contributed by atoms with E-state index in [0.29, 0.717) is 12.0 Å². The first-order valence-corrected chi connectivity index (χ1v) is 9.85. The fraction of sp³-hybridized carbons (Fsp3) is 0.947. The molecule has 0 amide bonds. The van der Waals surface area contributed by atoms with Gasteiger partial charge in [0.15, 0.2) is 5.96 Å².